The van der Waals surface area contributed by atoms with Gasteiger partial charge in [-0.15, -0.1) is 0 Å². The molecule has 16 heavy (non-hydrogen) atoms. The monoisotopic (exact) mass is 215 g/mol. The fraction of sp³-hybridized carbons (Fsp3) is 0.462. The van der Waals surface area contributed by atoms with Crippen molar-refractivity contribution >= 4 is 5.96 Å². The minimum Gasteiger partial charge on any atom is -0.356 e. The van der Waals surface area contributed by atoms with Crippen molar-refractivity contribution < 1.29 is 0 Å². The molecule has 0 amide bonds. The SMILES string of the molecule is Cc1ccc(C2CN=C3NCCCN32)cc1. The summed E-state index contributed by atoms with van der Waals surface area (Å²) in [5.74, 6) is 1.09. The Kier molecular flexibility index (Phi) is 2.31. The molecule has 1 fully saturated rings. The predicted molar refractivity (Wildman–Crippen MR) is 65.5 cm³/mol. The van der Waals surface area contributed by atoms with Gasteiger partial charge in [0.1, 0.15) is 0 Å². The van der Waals surface area contributed by atoms with Crippen LogP contribution in [-0.4, -0.2) is 30.5 Å². The van der Waals surface area contributed by atoms with Crippen molar-refractivity contribution in [2.24, 2.45) is 4.99 Å². The molecule has 84 valence electrons. The van der Waals surface area contributed by atoms with Gasteiger partial charge < -0.3 is 10.2 Å². The summed E-state index contributed by atoms with van der Waals surface area (Å²) >= 11 is 0. The van der Waals surface area contributed by atoms with Crippen LogP contribution in [0.2, 0.25) is 0 Å². The Labute approximate surface area is 96.2 Å². The molecule has 0 aliphatic carbocycles. The second-order valence-electron chi connectivity index (χ2n) is 4.56. The number of fused-ring (bicyclic) bond motifs is 1. The summed E-state index contributed by atoms with van der Waals surface area (Å²) in [6.07, 6.45) is 1.21. The molecule has 0 spiro atoms. The first-order valence-electron chi connectivity index (χ1n) is 5.96. The molecule has 2 aliphatic heterocycles. The molecule has 3 heteroatoms. The third-order valence-corrected chi connectivity index (χ3v) is 3.38. The maximum atomic E-state index is 4.57. The molecular formula is C13H17N3. The van der Waals surface area contributed by atoms with E-state index in [1.54, 1.807) is 0 Å². The largest absolute Gasteiger partial charge is 0.356 e. The van der Waals surface area contributed by atoms with Crippen molar-refractivity contribution in [2.75, 3.05) is 19.6 Å². The lowest BCUT2D eigenvalue weighted by molar-refractivity contribution is 0.316. The van der Waals surface area contributed by atoms with E-state index in [4.69, 9.17) is 0 Å². The van der Waals surface area contributed by atoms with Crippen molar-refractivity contribution in [3.05, 3.63) is 35.4 Å². The van der Waals surface area contributed by atoms with Crippen molar-refractivity contribution in [1.29, 1.82) is 0 Å². The zero-order chi connectivity index (χ0) is 11.0. The fourth-order valence-corrected chi connectivity index (χ4v) is 2.45. The van der Waals surface area contributed by atoms with Crippen molar-refractivity contribution in [3.63, 3.8) is 0 Å². The van der Waals surface area contributed by atoms with Crippen LogP contribution in [0.4, 0.5) is 0 Å². The third kappa shape index (κ3) is 1.56. The second-order valence-corrected chi connectivity index (χ2v) is 4.56. The van der Waals surface area contributed by atoms with Gasteiger partial charge in [0.15, 0.2) is 5.96 Å². The van der Waals surface area contributed by atoms with Crippen LogP contribution in [0.1, 0.15) is 23.6 Å². The van der Waals surface area contributed by atoms with Crippen LogP contribution >= 0.6 is 0 Å². The van der Waals surface area contributed by atoms with Crippen molar-refractivity contribution in [3.8, 4) is 0 Å². The van der Waals surface area contributed by atoms with Crippen molar-refractivity contribution in [1.82, 2.24) is 10.2 Å². The summed E-state index contributed by atoms with van der Waals surface area (Å²) in [5.41, 5.74) is 2.70. The number of nitrogens with zero attached hydrogens (tertiary/aromatic N) is 2. The first kappa shape index (κ1) is 9.70. The fourth-order valence-electron chi connectivity index (χ4n) is 2.45. The molecule has 0 aromatic heterocycles. The molecule has 0 radical (unpaired) electrons. The number of benzene rings is 1. The maximum Gasteiger partial charge on any atom is 0.194 e. The molecule has 1 aromatic carbocycles. The molecule has 1 atom stereocenters. The van der Waals surface area contributed by atoms with Gasteiger partial charge >= 0.3 is 0 Å². The lowest BCUT2D eigenvalue weighted by Crippen LogP contribution is -2.46. The number of guanidine groups is 1. The van der Waals surface area contributed by atoms with E-state index in [1.165, 1.54) is 17.5 Å². The van der Waals surface area contributed by atoms with E-state index in [9.17, 15) is 0 Å². The summed E-state index contributed by atoms with van der Waals surface area (Å²) in [6, 6.07) is 9.28. The molecule has 1 aromatic rings. The Morgan fingerprint density at radius 3 is 2.94 bits per heavy atom. The van der Waals surface area contributed by atoms with E-state index in [1.807, 2.05) is 0 Å². The highest BCUT2D eigenvalue weighted by molar-refractivity contribution is 5.82. The van der Waals surface area contributed by atoms with E-state index >= 15 is 0 Å². The zero-order valence-electron chi connectivity index (χ0n) is 9.61. The normalized spacial score (nSPS) is 23.7. The molecule has 2 heterocycles. The lowest BCUT2D eigenvalue weighted by Gasteiger charge is -2.32. The highest BCUT2D eigenvalue weighted by Crippen LogP contribution is 2.27. The lowest BCUT2D eigenvalue weighted by atomic mass is 10.0. The van der Waals surface area contributed by atoms with Crippen LogP contribution in [0.15, 0.2) is 29.3 Å². The first-order chi connectivity index (χ1) is 7.84. The number of rotatable bonds is 1. The van der Waals surface area contributed by atoms with Crippen LogP contribution in [0.3, 0.4) is 0 Å². The molecule has 2 aliphatic rings. The summed E-state index contributed by atoms with van der Waals surface area (Å²) in [5, 5.41) is 3.37. The van der Waals surface area contributed by atoms with E-state index in [-0.39, 0.29) is 0 Å². The van der Waals surface area contributed by atoms with Gasteiger partial charge in [0.05, 0.1) is 12.6 Å². The number of aliphatic imine (C=N–C) groups is 1. The minimum atomic E-state index is 0.448. The highest BCUT2D eigenvalue weighted by atomic mass is 15.4. The van der Waals surface area contributed by atoms with Gasteiger partial charge in [0.25, 0.3) is 0 Å². The summed E-state index contributed by atoms with van der Waals surface area (Å²) in [7, 11) is 0. The highest BCUT2D eigenvalue weighted by Gasteiger charge is 2.30. The Bertz CT molecular complexity index is 408. The van der Waals surface area contributed by atoms with Gasteiger partial charge in [-0.2, -0.15) is 0 Å². The second kappa shape index (κ2) is 3.81. The first-order valence-corrected chi connectivity index (χ1v) is 5.96. The Hall–Kier alpha value is -1.51. The Balaban J connectivity index is 1.84. The molecule has 3 nitrogen and oxygen atoms in total. The Morgan fingerprint density at radius 1 is 1.31 bits per heavy atom. The van der Waals surface area contributed by atoms with Crippen LogP contribution in [-0.2, 0) is 0 Å². The molecule has 1 N–H and O–H groups in total. The van der Waals surface area contributed by atoms with Gasteiger partial charge in [-0.05, 0) is 18.9 Å². The van der Waals surface area contributed by atoms with Crippen LogP contribution in [0.5, 0.6) is 0 Å². The average molecular weight is 215 g/mol. The smallest absolute Gasteiger partial charge is 0.194 e. The van der Waals surface area contributed by atoms with E-state index < -0.39 is 0 Å². The van der Waals surface area contributed by atoms with Gasteiger partial charge in [0, 0.05) is 13.1 Å². The van der Waals surface area contributed by atoms with Gasteiger partial charge in [0.2, 0.25) is 0 Å². The van der Waals surface area contributed by atoms with Gasteiger partial charge in [-0.25, -0.2) is 0 Å². The van der Waals surface area contributed by atoms with E-state index in [0.29, 0.717) is 6.04 Å². The number of hydrogen-bond acceptors (Lipinski definition) is 3. The quantitative estimate of drug-likeness (QED) is 0.772. The van der Waals surface area contributed by atoms with Crippen LogP contribution in [0, 0.1) is 6.92 Å². The van der Waals surface area contributed by atoms with Gasteiger partial charge in [-0.3, -0.25) is 4.99 Å². The third-order valence-electron chi connectivity index (χ3n) is 3.38. The van der Waals surface area contributed by atoms with Crippen LogP contribution < -0.4 is 5.32 Å². The van der Waals surface area contributed by atoms with Gasteiger partial charge in [-0.1, -0.05) is 29.8 Å². The molecule has 3 rings (SSSR count). The van der Waals surface area contributed by atoms with E-state index in [2.05, 4.69) is 46.4 Å². The number of aryl methyl sites for hydroxylation is 1. The maximum absolute atomic E-state index is 4.57. The summed E-state index contributed by atoms with van der Waals surface area (Å²) in [6.45, 7) is 5.22. The molecular weight excluding hydrogens is 198 g/mol. The molecule has 1 unspecified atom stereocenters. The molecule has 1 saturated heterocycles. The number of hydrogen-bond donors (Lipinski definition) is 1. The Morgan fingerprint density at radius 2 is 2.12 bits per heavy atom. The molecule has 0 bridgehead atoms. The van der Waals surface area contributed by atoms with E-state index in [0.717, 1.165) is 25.6 Å². The minimum absolute atomic E-state index is 0.448. The average Bonchev–Trinajstić information content (AvgIpc) is 2.74. The van der Waals surface area contributed by atoms with Crippen molar-refractivity contribution in [2.45, 2.75) is 19.4 Å². The molecule has 0 saturated carbocycles. The summed E-state index contributed by atoms with van der Waals surface area (Å²) < 4.78 is 0. The zero-order valence-corrected chi connectivity index (χ0v) is 9.61. The van der Waals surface area contributed by atoms with Crippen LogP contribution in [0.25, 0.3) is 0 Å². The number of nitrogens with one attached hydrogen (secondary N) is 1. The predicted octanol–water partition coefficient (Wildman–Crippen LogP) is 1.70. The standard InChI is InChI=1S/C13H17N3/c1-10-3-5-11(6-4-10)12-9-15-13-14-7-2-8-16(12)13/h3-6,12H,2,7-9H2,1H3,(H,14,15). The topological polar surface area (TPSA) is 27.6 Å². The summed E-state index contributed by atoms with van der Waals surface area (Å²) in [4.78, 5) is 6.97.